The number of hydrogen-bond donors (Lipinski definition) is 0. The third-order valence-electron chi connectivity index (χ3n) is 8.03. The molecule has 0 unspecified atom stereocenters. The molecular formula is C42H33O7P. The molecule has 0 heterocycles. The second-order valence-electron chi connectivity index (χ2n) is 11.3. The third-order valence-corrected chi connectivity index (χ3v) is 11.2. The average Bonchev–Trinajstić information content (AvgIpc) is 3.19. The number of hydrogen-bond acceptors (Lipinski definition) is 7. The standard InChI is InChI=1S/C42H33O7P/c43-40(47-28-31-16-4-1-5-17-31)34-22-10-13-25-37(34)50(46,38-26-14-11-23-35(38)41(44)48-29-32-18-6-2-7-19-32)39-27-15-12-24-36(39)42(45)49-30-33-20-8-3-9-21-33/h1-27H,28-30H2. The van der Waals surface area contributed by atoms with Gasteiger partial charge in [0.15, 0.2) is 7.14 Å². The van der Waals surface area contributed by atoms with E-state index in [1.165, 1.54) is 18.2 Å². The van der Waals surface area contributed by atoms with Crippen molar-refractivity contribution in [1.29, 1.82) is 0 Å². The summed E-state index contributed by atoms with van der Waals surface area (Å²) in [5.74, 6) is -2.13. The van der Waals surface area contributed by atoms with Gasteiger partial charge in [-0.25, -0.2) is 14.4 Å². The highest BCUT2D eigenvalue weighted by atomic mass is 31.2. The van der Waals surface area contributed by atoms with E-state index in [0.717, 1.165) is 16.7 Å². The van der Waals surface area contributed by atoms with Crippen LogP contribution in [0.25, 0.3) is 0 Å². The van der Waals surface area contributed by atoms with E-state index >= 15 is 4.57 Å². The van der Waals surface area contributed by atoms with Gasteiger partial charge in [0.05, 0.1) is 16.7 Å². The van der Waals surface area contributed by atoms with Gasteiger partial charge in [0, 0.05) is 15.9 Å². The predicted molar refractivity (Wildman–Crippen MR) is 193 cm³/mol. The van der Waals surface area contributed by atoms with Crippen molar-refractivity contribution in [3.63, 3.8) is 0 Å². The molecule has 0 spiro atoms. The molecule has 0 radical (unpaired) electrons. The van der Waals surface area contributed by atoms with Gasteiger partial charge >= 0.3 is 17.9 Å². The largest absolute Gasteiger partial charge is 0.457 e. The summed E-state index contributed by atoms with van der Waals surface area (Å²) in [6.45, 7) is -0.0324. The third kappa shape index (κ3) is 7.64. The van der Waals surface area contributed by atoms with E-state index in [2.05, 4.69) is 0 Å². The monoisotopic (exact) mass is 680 g/mol. The van der Waals surface area contributed by atoms with Crippen molar-refractivity contribution < 1.29 is 33.2 Å². The highest BCUT2D eigenvalue weighted by Crippen LogP contribution is 2.46. The fourth-order valence-electron chi connectivity index (χ4n) is 5.55. The molecule has 8 heteroatoms. The fourth-order valence-corrected chi connectivity index (χ4v) is 8.74. The molecule has 6 aromatic carbocycles. The summed E-state index contributed by atoms with van der Waals surface area (Å²) in [6, 6.07) is 46.8. The first-order valence-corrected chi connectivity index (χ1v) is 17.7. The Morgan fingerprint density at radius 1 is 0.360 bits per heavy atom. The highest BCUT2D eigenvalue weighted by molar-refractivity contribution is 7.85. The van der Waals surface area contributed by atoms with E-state index < -0.39 is 25.0 Å². The van der Waals surface area contributed by atoms with Crippen molar-refractivity contribution in [1.82, 2.24) is 0 Å². The zero-order valence-electron chi connectivity index (χ0n) is 27.0. The molecule has 50 heavy (non-hydrogen) atoms. The topological polar surface area (TPSA) is 96.0 Å². The van der Waals surface area contributed by atoms with Crippen LogP contribution in [0.2, 0.25) is 0 Å². The smallest absolute Gasteiger partial charge is 0.339 e. The molecule has 0 atom stereocenters. The van der Waals surface area contributed by atoms with E-state index in [1.54, 1.807) is 54.6 Å². The van der Waals surface area contributed by atoms with Gasteiger partial charge in [-0.3, -0.25) is 0 Å². The van der Waals surface area contributed by atoms with Crippen LogP contribution in [0.1, 0.15) is 47.8 Å². The number of carbonyl (C=O) groups is 3. The van der Waals surface area contributed by atoms with E-state index in [4.69, 9.17) is 14.2 Å². The van der Waals surface area contributed by atoms with Crippen molar-refractivity contribution in [2.24, 2.45) is 0 Å². The van der Waals surface area contributed by atoms with Gasteiger partial charge in [0.25, 0.3) is 0 Å². The Bertz CT molecular complexity index is 1900. The Morgan fingerprint density at radius 3 is 0.880 bits per heavy atom. The Labute approximate surface area is 290 Å². The van der Waals surface area contributed by atoms with Gasteiger partial charge in [-0.2, -0.15) is 0 Å². The van der Waals surface area contributed by atoms with Gasteiger partial charge in [0.1, 0.15) is 19.8 Å². The number of carbonyl (C=O) groups excluding carboxylic acids is 3. The van der Waals surface area contributed by atoms with Crippen molar-refractivity contribution in [2.75, 3.05) is 0 Å². The van der Waals surface area contributed by atoms with Crippen LogP contribution in [0.3, 0.4) is 0 Å². The molecule has 0 aromatic heterocycles. The molecule has 0 aliphatic carbocycles. The van der Waals surface area contributed by atoms with E-state index in [1.807, 2.05) is 91.0 Å². The molecule has 0 fully saturated rings. The first-order valence-electron chi connectivity index (χ1n) is 16.0. The van der Waals surface area contributed by atoms with Crippen LogP contribution in [0.5, 0.6) is 0 Å². The number of esters is 3. The maximum Gasteiger partial charge on any atom is 0.339 e. The molecule has 0 aliphatic heterocycles. The lowest BCUT2D eigenvalue weighted by Crippen LogP contribution is -2.34. The Morgan fingerprint density at radius 2 is 0.600 bits per heavy atom. The fraction of sp³-hybridized carbons (Fsp3) is 0.0714. The second-order valence-corrected chi connectivity index (χ2v) is 14.0. The van der Waals surface area contributed by atoms with Crippen molar-refractivity contribution in [3.8, 4) is 0 Å². The molecule has 0 bridgehead atoms. The second kappa shape index (κ2) is 15.9. The lowest BCUT2D eigenvalue weighted by Gasteiger charge is -2.25. The first kappa shape index (κ1) is 33.8. The Hall–Kier alpha value is -6.04. The first-order chi connectivity index (χ1) is 24.4. The van der Waals surface area contributed by atoms with Crippen molar-refractivity contribution in [2.45, 2.75) is 19.8 Å². The zero-order chi connectivity index (χ0) is 34.8. The minimum atomic E-state index is -4.24. The highest BCUT2D eigenvalue weighted by Gasteiger charge is 2.40. The molecule has 248 valence electrons. The minimum Gasteiger partial charge on any atom is -0.457 e. The summed E-state index contributed by atoms with van der Waals surface area (Å²) < 4.78 is 33.3. The van der Waals surface area contributed by atoms with Crippen LogP contribution in [0.4, 0.5) is 0 Å². The van der Waals surface area contributed by atoms with Crippen molar-refractivity contribution in [3.05, 3.63) is 197 Å². The number of rotatable bonds is 12. The minimum absolute atomic E-state index is 0.0108. The molecule has 0 saturated carbocycles. The van der Waals surface area contributed by atoms with Crippen LogP contribution >= 0.6 is 7.14 Å². The lowest BCUT2D eigenvalue weighted by molar-refractivity contribution is 0.0466. The van der Waals surface area contributed by atoms with Crippen LogP contribution in [-0.4, -0.2) is 17.9 Å². The van der Waals surface area contributed by atoms with Gasteiger partial charge in [-0.1, -0.05) is 127 Å². The number of ether oxygens (including phenoxy) is 3. The van der Waals surface area contributed by atoms with Crippen LogP contribution in [0.15, 0.2) is 164 Å². The van der Waals surface area contributed by atoms with Crippen LogP contribution < -0.4 is 15.9 Å². The average molecular weight is 681 g/mol. The molecule has 0 aliphatic rings. The molecule has 6 rings (SSSR count). The van der Waals surface area contributed by atoms with E-state index in [0.29, 0.717) is 0 Å². The molecule has 0 amide bonds. The van der Waals surface area contributed by atoms with E-state index in [-0.39, 0.29) is 52.4 Å². The van der Waals surface area contributed by atoms with Crippen LogP contribution in [-0.2, 0) is 38.6 Å². The molecule has 6 aromatic rings. The summed E-state index contributed by atoms with van der Waals surface area (Å²) in [5, 5.41) is 0.305. The zero-order valence-corrected chi connectivity index (χ0v) is 27.9. The maximum atomic E-state index is 16.2. The van der Waals surface area contributed by atoms with Gasteiger partial charge in [-0.15, -0.1) is 0 Å². The number of benzene rings is 6. The quantitative estimate of drug-likeness (QED) is 0.0756. The van der Waals surface area contributed by atoms with Crippen LogP contribution in [0, 0.1) is 0 Å². The predicted octanol–water partition coefficient (Wildman–Crippen LogP) is 7.40. The van der Waals surface area contributed by atoms with Crippen molar-refractivity contribution >= 4 is 41.0 Å². The summed E-state index contributed by atoms with van der Waals surface area (Å²) in [5.41, 5.74) is 2.43. The summed E-state index contributed by atoms with van der Waals surface area (Å²) in [6.07, 6.45) is 0. The SMILES string of the molecule is O=C(OCc1ccccc1)c1ccccc1P(=O)(c1ccccc1C(=O)OCc1ccccc1)c1ccccc1C(=O)OCc1ccccc1. The molecule has 0 N–H and O–H groups in total. The summed E-state index contributed by atoms with van der Waals surface area (Å²) in [4.78, 5) is 41.3. The van der Waals surface area contributed by atoms with E-state index in [9.17, 15) is 14.4 Å². The van der Waals surface area contributed by atoms with Gasteiger partial charge < -0.3 is 18.8 Å². The summed E-state index contributed by atoms with van der Waals surface area (Å²) in [7, 11) is -4.24. The lowest BCUT2D eigenvalue weighted by atomic mass is 10.2. The van der Waals surface area contributed by atoms with Gasteiger partial charge in [0.2, 0.25) is 0 Å². The molecular weight excluding hydrogens is 647 g/mol. The Balaban J connectivity index is 1.46. The molecule has 0 saturated heterocycles. The summed E-state index contributed by atoms with van der Waals surface area (Å²) >= 11 is 0. The molecule has 7 nitrogen and oxygen atoms in total. The van der Waals surface area contributed by atoms with Gasteiger partial charge in [-0.05, 0) is 53.1 Å². The maximum absolute atomic E-state index is 16.2. The normalized spacial score (nSPS) is 11.0. The Kier molecular flexibility index (Phi) is 10.8.